The highest BCUT2D eigenvalue weighted by atomic mass is 16.5. The molecule has 0 N–H and O–H groups in total. The van der Waals surface area contributed by atoms with E-state index in [4.69, 9.17) is 9.47 Å². The highest BCUT2D eigenvalue weighted by molar-refractivity contribution is 5.87. The quantitative estimate of drug-likeness (QED) is 0.714. The van der Waals surface area contributed by atoms with Crippen LogP contribution in [-0.2, 0) is 14.3 Å². The van der Waals surface area contributed by atoms with Crippen molar-refractivity contribution in [2.75, 3.05) is 13.7 Å². The van der Waals surface area contributed by atoms with E-state index in [9.17, 15) is 9.59 Å². The number of amides is 1. The van der Waals surface area contributed by atoms with E-state index in [0.717, 1.165) is 16.5 Å². The molecule has 0 bridgehead atoms. The van der Waals surface area contributed by atoms with Gasteiger partial charge in [0.1, 0.15) is 18.0 Å². The summed E-state index contributed by atoms with van der Waals surface area (Å²) >= 11 is 0. The number of hydrogen-bond acceptors (Lipinski definition) is 6. The van der Waals surface area contributed by atoms with Crippen molar-refractivity contribution in [1.29, 1.82) is 0 Å². The molecule has 3 rings (SSSR count). The maximum atomic E-state index is 13.2. The number of rotatable bonds is 4. The highest BCUT2D eigenvalue weighted by Crippen LogP contribution is 2.32. The minimum Gasteiger partial charge on any atom is -0.472 e. The van der Waals surface area contributed by atoms with E-state index >= 15 is 0 Å². The summed E-state index contributed by atoms with van der Waals surface area (Å²) < 4.78 is 11.2. The van der Waals surface area contributed by atoms with Gasteiger partial charge in [-0.1, -0.05) is 39.3 Å². The molecule has 2 heterocycles. The number of hydrogen-bond donors (Lipinski definition) is 0. The number of likely N-dealkylation sites (tertiary alicyclic amines) is 1. The van der Waals surface area contributed by atoms with Crippen molar-refractivity contribution in [3.05, 3.63) is 29.6 Å². The topological polar surface area (TPSA) is 81.6 Å². The third-order valence-corrected chi connectivity index (χ3v) is 5.89. The summed E-state index contributed by atoms with van der Waals surface area (Å²) in [6.45, 7) is 12.1. The number of ether oxygens (including phenoxy) is 2. The van der Waals surface area contributed by atoms with E-state index in [2.05, 4.69) is 9.97 Å². The van der Waals surface area contributed by atoms with Crippen LogP contribution < -0.4 is 4.74 Å². The summed E-state index contributed by atoms with van der Waals surface area (Å²) in [7, 11) is 1.34. The summed E-state index contributed by atoms with van der Waals surface area (Å²) in [6, 6.07) is 5.27. The van der Waals surface area contributed by atoms with E-state index in [0.29, 0.717) is 24.7 Å². The van der Waals surface area contributed by atoms with Crippen LogP contribution in [0.5, 0.6) is 5.88 Å². The van der Waals surface area contributed by atoms with Crippen molar-refractivity contribution >= 4 is 22.8 Å². The molecule has 2 aromatic rings. The number of carbonyl (C=O) groups is 2. The van der Waals surface area contributed by atoms with Crippen LogP contribution in [0.1, 0.15) is 45.5 Å². The lowest BCUT2D eigenvalue weighted by Crippen LogP contribution is -2.46. The molecule has 162 valence electrons. The lowest BCUT2D eigenvalue weighted by Gasteiger charge is -2.32. The van der Waals surface area contributed by atoms with E-state index < -0.39 is 12.0 Å². The van der Waals surface area contributed by atoms with E-state index in [-0.39, 0.29) is 23.3 Å². The first-order chi connectivity index (χ1) is 14.0. The first-order valence-corrected chi connectivity index (χ1v) is 10.3. The molecule has 2 unspecified atom stereocenters. The second-order valence-corrected chi connectivity index (χ2v) is 9.19. The molecular weight excluding hydrogens is 382 g/mol. The molecule has 1 amide bonds. The maximum absolute atomic E-state index is 13.2. The molecule has 0 radical (unpaired) electrons. The van der Waals surface area contributed by atoms with Crippen molar-refractivity contribution in [2.24, 2.45) is 11.3 Å². The van der Waals surface area contributed by atoms with Crippen LogP contribution in [0.4, 0.5) is 0 Å². The van der Waals surface area contributed by atoms with Crippen LogP contribution in [0, 0.1) is 25.2 Å². The van der Waals surface area contributed by atoms with Crippen LogP contribution in [0.3, 0.4) is 0 Å². The molecule has 0 saturated carbocycles. The Morgan fingerprint density at radius 1 is 1.20 bits per heavy atom. The molecule has 1 aromatic carbocycles. The standard InChI is InChI=1S/C23H31N3O4/c1-13-8-9-18-17(10-13)20(25-15(3)24-18)30-16-11-19(22(28)29-7)26(12-16)21(27)14(2)23(4,5)6/h8-10,14,16,19H,11-12H2,1-7H3/t14-,16?,19?/m1/s1. The second-order valence-electron chi connectivity index (χ2n) is 9.19. The van der Waals surface area contributed by atoms with Gasteiger partial charge in [-0.3, -0.25) is 4.79 Å². The van der Waals surface area contributed by atoms with Gasteiger partial charge in [-0.05, 0) is 31.4 Å². The average molecular weight is 414 g/mol. The van der Waals surface area contributed by atoms with Crippen molar-refractivity contribution in [3.63, 3.8) is 0 Å². The Balaban J connectivity index is 1.90. The van der Waals surface area contributed by atoms with Crippen molar-refractivity contribution in [3.8, 4) is 5.88 Å². The monoisotopic (exact) mass is 413 g/mol. The summed E-state index contributed by atoms with van der Waals surface area (Å²) in [5.41, 5.74) is 1.67. The summed E-state index contributed by atoms with van der Waals surface area (Å²) in [4.78, 5) is 36.1. The Bertz CT molecular complexity index is 967. The SMILES string of the molecule is COC(=O)C1CC(Oc2nc(C)nc3ccc(C)cc23)CN1C(=O)[C@@H](C)C(C)(C)C. The minimum absolute atomic E-state index is 0.0661. The van der Waals surface area contributed by atoms with E-state index in [1.165, 1.54) is 7.11 Å². The number of aromatic nitrogens is 2. The zero-order valence-electron chi connectivity index (χ0n) is 18.9. The number of fused-ring (bicyclic) bond motifs is 1. The molecule has 1 aliphatic heterocycles. The molecule has 1 saturated heterocycles. The predicted octanol–water partition coefficient (Wildman–Crippen LogP) is 3.45. The summed E-state index contributed by atoms with van der Waals surface area (Å²) in [5, 5.41) is 0.822. The Labute approximate surface area is 177 Å². The van der Waals surface area contributed by atoms with Crippen molar-refractivity contribution in [1.82, 2.24) is 14.9 Å². The lowest BCUT2D eigenvalue weighted by molar-refractivity contribution is -0.153. The normalized spacial score (nSPS) is 20.3. The fraction of sp³-hybridized carbons (Fsp3) is 0.565. The molecule has 7 nitrogen and oxygen atoms in total. The maximum Gasteiger partial charge on any atom is 0.328 e. The van der Waals surface area contributed by atoms with E-state index in [1.54, 1.807) is 4.90 Å². The summed E-state index contributed by atoms with van der Waals surface area (Å²) in [5.74, 6) is 0.359. The Morgan fingerprint density at radius 3 is 2.53 bits per heavy atom. The van der Waals surface area contributed by atoms with Gasteiger partial charge in [-0.2, -0.15) is 4.98 Å². The molecule has 1 aliphatic rings. The van der Waals surface area contributed by atoms with E-state index in [1.807, 2.05) is 59.7 Å². The number of aryl methyl sites for hydroxylation is 2. The zero-order valence-corrected chi connectivity index (χ0v) is 18.9. The van der Waals surface area contributed by atoms with Crippen molar-refractivity contribution in [2.45, 2.75) is 60.1 Å². The highest BCUT2D eigenvalue weighted by Gasteiger charge is 2.44. The molecule has 3 atom stereocenters. The van der Waals surface area contributed by atoms with Crippen LogP contribution in [0.25, 0.3) is 10.9 Å². The van der Waals surface area contributed by atoms with Gasteiger partial charge < -0.3 is 14.4 Å². The first-order valence-electron chi connectivity index (χ1n) is 10.3. The number of esters is 1. The summed E-state index contributed by atoms with van der Waals surface area (Å²) in [6.07, 6.45) is 0.00858. The number of benzene rings is 1. The number of methoxy groups -OCH3 is 1. The van der Waals surface area contributed by atoms with Gasteiger partial charge in [-0.25, -0.2) is 9.78 Å². The zero-order chi connectivity index (χ0) is 22.2. The van der Waals surface area contributed by atoms with Crippen LogP contribution in [0.15, 0.2) is 18.2 Å². The number of carbonyl (C=O) groups excluding carboxylic acids is 2. The molecule has 7 heteroatoms. The molecule has 1 fully saturated rings. The van der Waals surface area contributed by atoms with Gasteiger partial charge in [0.2, 0.25) is 11.8 Å². The molecular formula is C23H31N3O4. The molecule has 0 spiro atoms. The third kappa shape index (κ3) is 4.40. The molecule has 1 aromatic heterocycles. The van der Waals surface area contributed by atoms with Gasteiger partial charge in [-0.15, -0.1) is 0 Å². The van der Waals surface area contributed by atoms with Crippen LogP contribution in [-0.4, -0.2) is 52.5 Å². The average Bonchev–Trinajstić information content (AvgIpc) is 3.09. The largest absolute Gasteiger partial charge is 0.472 e. The number of nitrogens with zero attached hydrogens (tertiary/aromatic N) is 3. The Morgan fingerprint density at radius 2 is 1.90 bits per heavy atom. The lowest BCUT2D eigenvalue weighted by atomic mass is 9.81. The first kappa shape index (κ1) is 22.0. The Hall–Kier alpha value is -2.70. The molecule has 30 heavy (non-hydrogen) atoms. The molecule has 0 aliphatic carbocycles. The smallest absolute Gasteiger partial charge is 0.328 e. The fourth-order valence-corrected chi connectivity index (χ4v) is 3.68. The van der Waals surface area contributed by atoms with Gasteiger partial charge in [0.25, 0.3) is 0 Å². The Kier molecular flexibility index (Phi) is 6.01. The van der Waals surface area contributed by atoms with Crippen LogP contribution in [0.2, 0.25) is 0 Å². The van der Waals surface area contributed by atoms with Gasteiger partial charge in [0.05, 0.1) is 24.6 Å². The van der Waals surface area contributed by atoms with Gasteiger partial charge >= 0.3 is 5.97 Å². The fourth-order valence-electron chi connectivity index (χ4n) is 3.68. The van der Waals surface area contributed by atoms with Crippen LogP contribution >= 0.6 is 0 Å². The predicted molar refractivity (Wildman–Crippen MR) is 114 cm³/mol. The second kappa shape index (κ2) is 8.20. The van der Waals surface area contributed by atoms with Gasteiger partial charge in [0, 0.05) is 12.3 Å². The third-order valence-electron chi connectivity index (χ3n) is 5.89. The minimum atomic E-state index is -0.659. The van der Waals surface area contributed by atoms with Crippen molar-refractivity contribution < 1.29 is 19.1 Å². The van der Waals surface area contributed by atoms with Gasteiger partial charge in [0.15, 0.2) is 0 Å².